The molecule has 2 aromatic heterocycles. The summed E-state index contributed by atoms with van der Waals surface area (Å²) in [6, 6.07) is 70.1. The molecule has 274 valence electrons. The second-order valence-electron chi connectivity index (χ2n) is 16.1. The van der Waals surface area contributed by atoms with Crippen molar-refractivity contribution in [3.63, 3.8) is 0 Å². The number of nitrogens with zero attached hydrogens (tertiary/aromatic N) is 1. The third-order valence-corrected chi connectivity index (χ3v) is 14.9. The molecule has 0 amide bonds. The van der Waals surface area contributed by atoms with E-state index in [-0.39, 0.29) is 5.41 Å². The van der Waals surface area contributed by atoms with Gasteiger partial charge in [-0.1, -0.05) is 153 Å². The lowest BCUT2D eigenvalue weighted by Gasteiger charge is -2.28. The topological polar surface area (TPSA) is 3.24 Å². The minimum Gasteiger partial charge on any atom is -0.310 e. The van der Waals surface area contributed by atoms with E-state index in [4.69, 9.17) is 0 Å². The molecular formula is C55H37NS2. The molecule has 0 fully saturated rings. The van der Waals surface area contributed by atoms with Gasteiger partial charge in [0.05, 0.1) is 5.69 Å². The van der Waals surface area contributed by atoms with Gasteiger partial charge in [0.1, 0.15) is 0 Å². The van der Waals surface area contributed by atoms with Gasteiger partial charge in [0.15, 0.2) is 0 Å². The predicted molar refractivity (Wildman–Crippen MR) is 253 cm³/mol. The molecule has 58 heavy (non-hydrogen) atoms. The summed E-state index contributed by atoms with van der Waals surface area (Å²) in [5.41, 5.74) is 13.8. The van der Waals surface area contributed by atoms with Gasteiger partial charge in [-0.25, -0.2) is 0 Å². The van der Waals surface area contributed by atoms with Crippen LogP contribution in [0.5, 0.6) is 0 Å². The second kappa shape index (κ2) is 12.7. The first-order chi connectivity index (χ1) is 28.5. The van der Waals surface area contributed by atoms with Gasteiger partial charge in [-0.3, -0.25) is 0 Å². The number of hydrogen-bond acceptors (Lipinski definition) is 3. The summed E-state index contributed by atoms with van der Waals surface area (Å²) in [7, 11) is 0. The molecule has 1 aliphatic carbocycles. The first-order valence-electron chi connectivity index (χ1n) is 20.0. The van der Waals surface area contributed by atoms with Crippen LogP contribution in [0.1, 0.15) is 25.0 Å². The van der Waals surface area contributed by atoms with Gasteiger partial charge in [0, 0.05) is 68.3 Å². The van der Waals surface area contributed by atoms with Crippen LogP contribution in [0.15, 0.2) is 188 Å². The van der Waals surface area contributed by atoms with Crippen LogP contribution in [-0.4, -0.2) is 0 Å². The molecule has 0 spiro atoms. The normalized spacial score (nSPS) is 13.1. The first-order valence-corrected chi connectivity index (χ1v) is 21.6. The van der Waals surface area contributed by atoms with Gasteiger partial charge >= 0.3 is 0 Å². The van der Waals surface area contributed by atoms with Crippen molar-refractivity contribution in [1.29, 1.82) is 0 Å². The molecule has 0 aliphatic heterocycles. The Balaban J connectivity index is 1.04. The average Bonchev–Trinajstić information content (AvgIpc) is 3.92. The lowest BCUT2D eigenvalue weighted by atomic mass is 9.82. The number of thiophene rings is 2. The van der Waals surface area contributed by atoms with Gasteiger partial charge in [0.25, 0.3) is 0 Å². The first kappa shape index (κ1) is 33.6. The fourth-order valence-corrected chi connectivity index (χ4v) is 12.1. The van der Waals surface area contributed by atoms with Crippen molar-refractivity contribution in [2.45, 2.75) is 19.3 Å². The highest BCUT2D eigenvalue weighted by Crippen LogP contribution is 2.51. The van der Waals surface area contributed by atoms with Gasteiger partial charge in [-0.05, 0) is 92.7 Å². The molecule has 0 bridgehead atoms. The highest BCUT2D eigenvalue weighted by Gasteiger charge is 2.35. The molecule has 1 nitrogen and oxygen atoms in total. The molecule has 2 heterocycles. The molecule has 9 aromatic carbocycles. The second-order valence-corrected chi connectivity index (χ2v) is 18.2. The summed E-state index contributed by atoms with van der Waals surface area (Å²) in [5, 5.41) is 7.81. The Morgan fingerprint density at radius 2 is 1.03 bits per heavy atom. The molecule has 12 rings (SSSR count). The summed E-state index contributed by atoms with van der Waals surface area (Å²) >= 11 is 3.78. The van der Waals surface area contributed by atoms with E-state index in [0.717, 1.165) is 17.1 Å². The van der Waals surface area contributed by atoms with Gasteiger partial charge in [-0.2, -0.15) is 0 Å². The highest BCUT2D eigenvalue weighted by molar-refractivity contribution is 7.27. The number of anilines is 3. The molecule has 3 heteroatoms. The van der Waals surface area contributed by atoms with E-state index < -0.39 is 0 Å². The molecule has 1 aliphatic rings. The summed E-state index contributed by atoms with van der Waals surface area (Å²) in [6.07, 6.45) is 0. The number of rotatable bonds is 5. The van der Waals surface area contributed by atoms with E-state index in [9.17, 15) is 0 Å². The summed E-state index contributed by atoms with van der Waals surface area (Å²) in [5.74, 6) is 0. The van der Waals surface area contributed by atoms with Crippen LogP contribution in [0.2, 0.25) is 0 Å². The van der Waals surface area contributed by atoms with E-state index in [2.05, 4.69) is 207 Å². The van der Waals surface area contributed by atoms with Crippen LogP contribution in [-0.2, 0) is 5.41 Å². The Labute approximate surface area is 345 Å². The fraction of sp³-hybridized carbons (Fsp3) is 0.0545. The van der Waals surface area contributed by atoms with E-state index in [1.165, 1.54) is 95.6 Å². The van der Waals surface area contributed by atoms with Crippen molar-refractivity contribution < 1.29 is 0 Å². The molecule has 11 aromatic rings. The largest absolute Gasteiger partial charge is 0.310 e. The average molecular weight is 776 g/mol. The van der Waals surface area contributed by atoms with Crippen LogP contribution in [0.25, 0.3) is 84.5 Å². The molecule has 0 N–H and O–H groups in total. The quantitative estimate of drug-likeness (QED) is 0.168. The number of hydrogen-bond donors (Lipinski definition) is 0. The van der Waals surface area contributed by atoms with Crippen LogP contribution in [0.3, 0.4) is 0 Å². The van der Waals surface area contributed by atoms with Crippen LogP contribution in [0, 0.1) is 0 Å². The van der Waals surface area contributed by atoms with Crippen molar-refractivity contribution in [2.24, 2.45) is 0 Å². The van der Waals surface area contributed by atoms with E-state index in [0.29, 0.717) is 0 Å². The predicted octanol–water partition coefficient (Wildman–Crippen LogP) is 16.7. The monoisotopic (exact) mass is 775 g/mol. The molecular weight excluding hydrogens is 739 g/mol. The summed E-state index contributed by atoms with van der Waals surface area (Å²) < 4.78 is 5.28. The number of para-hydroxylation sites is 1. The van der Waals surface area contributed by atoms with Crippen LogP contribution >= 0.6 is 22.7 Å². The Kier molecular flexibility index (Phi) is 7.38. The molecule has 0 saturated heterocycles. The minimum absolute atomic E-state index is 0.00889. The minimum atomic E-state index is -0.00889. The van der Waals surface area contributed by atoms with E-state index >= 15 is 0 Å². The number of fused-ring (bicyclic) bond motifs is 11. The van der Waals surface area contributed by atoms with Gasteiger partial charge in [-0.15, -0.1) is 22.7 Å². The van der Waals surface area contributed by atoms with E-state index in [1.807, 2.05) is 22.7 Å². The Morgan fingerprint density at radius 3 is 1.93 bits per heavy atom. The SMILES string of the molecule is CC1(C)c2ccccc2-c2cc(-c3ccc(N(c4ccc5sc6ccccc6c5c4)c4ccccc4-c4cccc5c4sc4c6ccccc6ccc54)cc3)ccc21. The molecule has 0 atom stereocenters. The summed E-state index contributed by atoms with van der Waals surface area (Å²) in [4.78, 5) is 2.47. The van der Waals surface area contributed by atoms with Crippen molar-refractivity contribution in [2.75, 3.05) is 4.90 Å². The Morgan fingerprint density at radius 1 is 0.379 bits per heavy atom. The van der Waals surface area contributed by atoms with Crippen LogP contribution < -0.4 is 4.90 Å². The zero-order valence-electron chi connectivity index (χ0n) is 32.2. The maximum atomic E-state index is 2.47. The Bertz CT molecular complexity index is 3440. The van der Waals surface area contributed by atoms with Gasteiger partial charge < -0.3 is 4.90 Å². The zero-order chi connectivity index (χ0) is 38.5. The smallest absolute Gasteiger partial charge is 0.0540 e. The molecule has 0 radical (unpaired) electrons. The third kappa shape index (κ3) is 5.00. The van der Waals surface area contributed by atoms with Crippen molar-refractivity contribution in [3.8, 4) is 33.4 Å². The third-order valence-electron chi connectivity index (χ3n) is 12.5. The van der Waals surface area contributed by atoms with Crippen molar-refractivity contribution >= 4 is 90.9 Å². The maximum absolute atomic E-state index is 2.47. The lowest BCUT2D eigenvalue weighted by Crippen LogP contribution is -2.14. The highest BCUT2D eigenvalue weighted by atomic mass is 32.1. The van der Waals surface area contributed by atoms with Crippen LogP contribution in [0.4, 0.5) is 17.1 Å². The van der Waals surface area contributed by atoms with E-state index in [1.54, 1.807) is 0 Å². The van der Waals surface area contributed by atoms with Crippen molar-refractivity contribution in [1.82, 2.24) is 0 Å². The standard InChI is InChI=1S/C55H37NS2/c1-55(2)48-19-8-5-14-40(48)46-32-36(25-30-49(46)55)34-22-26-37(27-23-34)56(38-28-31-52-47(33-38)42-16-7-10-21-51(42)57-52)50-20-9-6-15-41(50)43-17-11-18-44-45-29-24-35-12-3-4-13-39(35)53(45)58-54(43)44/h3-33H,1-2H3. The Hall–Kier alpha value is -6.52. The zero-order valence-corrected chi connectivity index (χ0v) is 33.8. The van der Waals surface area contributed by atoms with Crippen molar-refractivity contribution in [3.05, 3.63) is 199 Å². The van der Waals surface area contributed by atoms with Gasteiger partial charge in [0.2, 0.25) is 0 Å². The number of benzene rings is 9. The summed E-state index contributed by atoms with van der Waals surface area (Å²) in [6.45, 7) is 4.69. The molecule has 0 unspecified atom stereocenters. The molecule has 0 saturated carbocycles. The lowest BCUT2D eigenvalue weighted by molar-refractivity contribution is 0.660. The fourth-order valence-electron chi connectivity index (χ4n) is 9.62. The maximum Gasteiger partial charge on any atom is 0.0540 e.